The summed E-state index contributed by atoms with van der Waals surface area (Å²) in [5.41, 5.74) is 1.54. The lowest BCUT2D eigenvalue weighted by Gasteiger charge is -2.23. The van der Waals surface area contributed by atoms with E-state index >= 15 is 0 Å². The standard InChI is InChI=1S/C16H16FNO2/c1-18(14-9-7-13(17)8-10-14)11-15(16(19)20)12-5-3-2-4-6-12/h2-10,15H,11H2,1H3,(H,19,20). The van der Waals surface area contributed by atoms with Gasteiger partial charge in [-0.05, 0) is 29.8 Å². The van der Waals surface area contributed by atoms with Gasteiger partial charge in [0.1, 0.15) is 5.82 Å². The fraction of sp³-hybridized carbons (Fsp3) is 0.188. The predicted molar refractivity (Wildman–Crippen MR) is 76.5 cm³/mol. The van der Waals surface area contributed by atoms with Crippen LogP contribution in [-0.2, 0) is 4.79 Å². The molecule has 1 unspecified atom stereocenters. The van der Waals surface area contributed by atoms with E-state index in [9.17, 15) is 14.3 Å². The molecular formula is C16H16FNO2. The number of likely N-dealkylation sites (N-methyl/N-ethyl adjacent to an activating group) is 1. The Hall–Kier alpha value is -2.36. The molecule has 1 N–H and O–H groups in total. The van der Waals surface area contributed by atoms with Gasteiger partial charge in [-0.25, -0.2) is 4.39 Å². The minimum atomic E-state index is -0.870. The van der Waals surface area contributed by atoms with E-state index in [2.05, 4.69) is 0 Å². The van der Waals surface area contributed by atoms with Gasteiger partial charge in [-0.2, -0.15) is 0 Å². The highest BCUT2D eigenvalue weighted by molar-refractivity contribution is 5.77. The monoisotopic (exact) mass is 273 g/mol. The van der Waals surface area contributed by atoms with Crippen LogP contribution in [0.25, 0.3) is 0 Å². The Morgan fingerprint density at radius 3 is 2.30 bits per heavy atom. The summed E-state index contributed by atoms with van der Waals surface area (Å²) in [6.45, 7) is 0.324. The Morgan fingerprint density at radius 2 is 1.75 bits per heavy atom. The molecule has 2 rings (SSSR count). The van der Waals surface area contributed by atoms with Crippen molar-refractivity contribution in [1.29, 1.82) is 0 Å². The first-order valence-electron chi connectivity index (χ1n) is 6.32. The molecule has 0 aliphatic rings. The molecule has 2 aromatic carbocycles. The molecule has 104 valence electrons. The van der Waals surface area contributed by atoms with Crippen molar-refractivity contribution in [1.82, 2.24) is 0 Å². The quantitative estimate of drug-likeness (QED) is 0.910. The Bertz CT molecular complexity index is 569. The SMILES string of the molecule is CN(CC(C(=O)O)c1ccccc1)c1ccc(F)cc1. The van der Waals surface area contributed by atoms with Gasteiger partial charge in [0.2, 0.25) is 0 Å². The Labute approximate surface area is 117 Å². The number of anilines is 1. The summed E-state index contributed by atoms with van der Waals surface area (Å²) < 4.78 is 12.9. The predicted octanol–water partition coefficient (Wildman–Crippen LogP) is 3.13. The number of nitrogens with zero attached hydrogens (tertiary/aromatic N) is 1. The molecule has 3 nitrogen and oxygen atoms in total. The second kappa shape index (κ2) is 6.19. The van der Waals surface area contributed by atoms with Gasteiger partial charge in [0.15, 0.2) is 0 Å². The van der Waals surface area contributed by atoms with E-state index in [1.807, 2.05) is 23.1 Å². The van der Waals surface area contributed by atoms with Crippen molar-refractivity contribution in [2.75, 3.05) is 18.5 Å². The molecule has 0 fully saturated rings. The molecule has 1 atom stereocenters. The average Bonchev–Trinajstić information content (AvgIpc) is 2.46. The first kappa shape index (κ1) is 14.1. The van der Waals surface area contributed by atoms with E-state index in [0.717, 1.165) is 11.3 Å². The van der Waals surface area contributed by atoms with Gasteiger partial charge in [-0.15, -0.1) is 0 Å². The molecule has 0 heterocycles. The van der Waals surface area contributed by atoms with Crippen LogP contribution in [0.1, 0.15) is 11.5 Å². The molecule has 0 aromatic heterocycles. The van der Waals surface area contributed by atoms with E-state index in [-0.39, 0.29) is 5.82 Å². The van der Waals surface area contributed by atoms with Crippen molar-refractivity contribution in [3.05, 3.63) is 66.0 Å². The van der Waals surface area contributed by atoms with E-state index < -0.39 is 11.9 Å². The number of halogens is 1. The highest BCUT2D eigenvalue weighted by Gasteiger charge is 2.21. The van der Waals surface area contributed by atoms with Crippen LogP contribution in [0.5, 0.6) is 0 Å². The molecule has 2 aromatic rings. The number of hydrogen-bond donors (Lipinski definition) is 1. The zero-order valence-electron chi connectivity index (χ0n) is 11.2. The summed E-state index contributed by atoms with van der Waals surface area (Å²) in [7, 11) is 1.80. The number of hydrogen-bond acceptors (Lipinski definition) is 2. The third-order valence-electron chi connectivity index (χ3n) is 3.22. The van der Waals surface area contributed by atoms with Gasteiger partial charge >= 0.3 is 5.97 Å². The van der Waals surface area contributed by atoms with Crippen LogP contribution >= 0.6 is 0 Å². The molecule has 0 amide bonds. The van der Waals surface area contributed by atoms with Crippen molar-refractivity contribution >= 4 is 11.7 Å². The summed E-state index contributed by atoms with van der Waals surface area (Å²) in [4.78, 5) is 13.2. The van der Waals surface area contributed by atoms with E-state index in [1.54, 1.807) is 31.3 Å². The van der Waals surface area contributed by atoms with Crippen molar-refractivity contribution < 1.29 is 14.3 Å². The summed E-state index contributed by atoms with van der Waals surface area (Å²) in [5.74, 6) is -1.79. The molecule has 4 heteroatoms. The maximum atomic E-state index is 12.9. The van der Waals surface area contributed by atoms with Gasteiger partial charge in [0.05, 0.1) is 5.92 Å². The van der Waals surface area contributed by atoms with E-state index in [4.69, 9.17) is 0 Å². The lowest BCUT2D eigenvalue weighted by molar-refractivity contribution is -0.138. The van der Waals surface area contributed by atoms with Crippen LogP contribution in [0.15, 0.2) is 54.6 Å². The zero-order valence-corrected chi connectivity index (χ0v) is 11.2. The molecular weight excluding hydrogens is 257 g/mol. The summed E-state index contributed by atoms with van der Waals surface area (Å²) in [5, 5.41) is 9.38. The number of carboxylic acid groups (broad SMARTS) is 1. The lowest BCUT2D eigenvalue weighted by Crippen LogP contribution is -2.28. The smallest absolute Gasteiger partial charge is 0.312 e. The minimum absolute atomic E-state index is 0.306. The van der Waals surface area contributed by atoms with Crippen LogP contribution in [0, 0.1) is 5.82 Å². The number of benzene rings is 2. The second-order valence-electron chi connectivity index (χ2n) is 4.66. The summed E-state index contributed by atoms with van der Waals surface area (Å²) >= 11 is 0. The Morgan fingerprint density at radius 1 is 1.15 bits per heavy atom. The molecule has 0 bridgehead atoms. The topological polar surface area (TPSA) is 40.5 Å². The van der Waals surface area contributed by atoms with Gasteiger partial charge in [0, 0.05) is 19.3 Å². The molecule has 0 aliphatic heterocycles. The molecule has 20 heavy (non-hydrogen) atoms. The molecule has 0 aliphatic carbocycles. The van der Waals surface area contributed by atoms with Gasteiger partial charge in [0.25, 0.3) is 0 Å². The highest BCUT2D eigenvalue weighted by atomic mass is 19.1. The zero-order chi connectivity index (χ0) is 14.5. The summed E-state index contributed by atoms with van der Waals surface area (Å²) in [6, 6.07) is 15.1. The first-order valence-corrected chi connectivity index (χ1v) is 6.32. The second-order valence-corrected chi connectivity index (χ2v) is 4.66. The van der Waals surface area contributed by atoms with Gasteiger partial charge < -0.3 is 10.0 Å². The number of carboxylic acids is 1. The normalized spacial score (nSPS) is 11.9. The fourth-order valence-corrected chi connectivity index (χ4v) is 2.09. The highest BCUT2D eigenvalue weighted by Crippen LogP contribution is 2.21. The summed E-state index contributed by atoms with van der Waals surface area (Å²) in [6.07, 6.45) is 0. The molecule has 0 saturated heterocycles. The average molecular weight is 273 g/mol. The largest absolute Gasteiger partial charge is 0.481 e. The molecule has 0 radical (unpaired) electrons. The van der Waals surface area contributed by atoms with E-state index in [1.165, 1.54) is 12.1 Å². The van der Waals surface area contributed by atoms with Crippen molar-refractivity contribution in [2.45, 2.75) is 5.92 Å². The number of rotatable bonds is 5. The minimum Gasteiger partial charge on any atom is -0.481 e. The van der Waals surface area contributed by atoms with Crippen LogP contribution < -0.4 is 4.90 Å². The fourth-order valence-electron chi connectivity index (χ4n) is 2.09. The Kier molecular flexibility index (Phi) is 4.35. The van der Waals surface area contributed by atoms with Crippen LogP contribution in [-0.4, -0.2) is 24.7 Å². The third kappa shape index (κ3) is 3.35. The maximum absolute atomic E-state index is 12.9. The number of aliphatic carboxylic acids is 1. The molecule has 0 spiro atoms. The van der Waals surface area contributed by atoms with Crippen LogP contribution in [0.2, 0.25) is 0 Å². The first-order chi connectivity index (χ1) is 9.58. The lowest BCUT2D eigenvalue weighted by atomic mass is 9.98. The van der Waals surface area contributed by atoms with Crippen LogP contribution in [0.3, 0.4) is 0 Å². The molecule has 0 saturated carbocycles. The Balaban J connectivity index is 2.16. The van der Waals surface area contributed by atoms with Crippen molar-refractivity contribution in [3.8, 4) is 0 Å². The maximum Gasteiger partial charge on any atom is 0.312 e. The van der Waals surface area contributed by atoms with Crippen molar-refractivity contribution in [2.24, 2.45) is 0 Å². The number of carbonyl (C=O) groups is 1. The van der Waals surface area contributed by atoms with Gasteiger partial charge in [-0.1, -0.05) is 30.3 Å². The van der Waals surface area contributed by atoms with Gasteiger partial charge in [-0.3, -0.25) is 4.79 Å². The van der Waals surface area contributed by atoms with Crippen molar-refractivity contribution in [3.63, 3.8) is 0 Å². The third-order valence-corrected chi connectivity index (χ3v) is 3.22. The van der Waals surface area contributed by atoms with E-state index in [0.29, 0.717) is 6.54 Å². The van der Waals surface area contributed by atoms with Crippen LogP contribution in [0.4, 0.5) is 10.1 Å².